The Bertz CT molecular complexity index is 811. The molecule has 2 atom stereocenters. The quantitative estimate of drug-likeness (QED) is 0.847. The average Bonchev–Trinajstić information content (AvgIpc) is 2.70. The van der Waals surface area contributed by atoms with Gasteiger partial charge in [0.1, 0.15) is 0 Å². The molecule has 0 spiro atoms. The van der Waals surface area contributed by atoms with Gasteiger partial charge < -0.3 is 10.4 Å². The lowest BCUT2D eigenvalue weighted by Gasteiger charge is -2.45. The van der Waals surface area contributed by atoms with E-state index in [1.807, 2.05) is 36.4 Å². The molecule has 1 amide bonds. The fourth-order valence-corrected chi connectivity index (χ4v) is 4.85. The van der Waals surface area contributed by atoms with Crippen LogP contribution in [0.1, 0.15) is 36.8 Å². The van der Waals surface area contributed by atoms with E-state index in [0.29, 0.717) is 0 Å². The normalized spacial score (nSPS) is 26.5. The number of amides is 1. The Balaban J connectivity index is 1.44. The second kappa shape index (κ2) is 7.51. The fraction of sp³-hybridized carbons (Fsp3) is 0.409. The summed E-state index contributed by atoms with van der Waals surface area (Å²) in [5, 5.41) is 12.6. The summed E-state index contributed by atoms with van der Waals surface area (Å²) in [6.45, 7) is 0. The van der Waals surface area contributed by atoms with Gasteiger partial charge in [0, 0.05) is 18.1 Å². The highest BCUT2D eigenvalue weighted by atomic mass is 16.4. The number of carboxylic acid groups (broad SMARTS) is 1. The molecule has 140 valence electrons. The first-order valence-corrected chi connectivity index (χ1v) is 9.63. The lowest BCUT2D eigenvalue weighted by molar-refractivity contribution is -0.156. The van der Waals surface area contributed by atoms with Crippen molar-refractivity contribution in [2.45, 2.75) is 32.1 Å². The van der Waals surface area contributed by atoms with Crippen molar-refractivity contribution in [3.05, 3.63) is 59.9 Å². The lowest BCUT2D eigenvalue weighted by Crippen LogP contribution is -2.49. The minimum atomic E-state index is -0.822. The van der Waals surface area contributed by atoms with E-state index in [1.54, 1.807) is 12.4 Å². The van der Waals surface area contributed by atoms with Crippen LogP contribution in [-0.4, -0.2) is 22.0 Å². The zero-order valence-corrected chi connectivity index (χ0v) is 15.2. The van der Waals surface area contributed by atoms with E-state index >= 15 is 0 Å². The molecular formula is C22H24N2O3. The number of aliphatic carboxylic acids is 1. The molecule has 5 nitrogen and oxygen atoms in total. The maximum absolute atomic E-state index is 12.9. The van der Waals surface area contributed by atoms with E-state index in [1.165, 1.54) is 5.56 Å². The summed E-state index contributed by atoms with van der Waals surface area (Å²) in [5.41, 5.74) is 3.06. The van der Waals surface area contributed by atoms with Crippen molar-refractivity contribution < 1.29 is 14.7 Å². The molecule has 3 aliphatic carbocycles. The van der Waals surface area contributed by atoms with Crippen LogP contribution in [-0.2, 0) is 16.0 Å². The smallest absolute Gasteiger partial charge is 0.307 e. The zero-order chi connectivity index (χ0) is 18.8. The van der Waals surface area contributed by atoms with Gasteiger partial charge in [0.2, 0.25) is 5.91 Å². The third-order valence-corrected chi connectivity index (χ3v) is 6.19. The Morgan fingerprint density at radius 2 is 1.44 bits per heavy atom. The molecule has 2 aromatic rings. The Morgan fingerprint density at radius 1 is 0.889 bits per heavy atom. The molecule has 0 saturated heterocycles. The number of benzene rings is 1. The monoisotopic (exact) mass is 364 g/mol. The molecule has 1 heterocycles. The Kier molecular flexibility index (Phi) is 4.92. The van der Waals surface area contributed by atoms with Crippen LogP contribution in [0.25, 0.3) is 0 Å². The van der Waals surface area contributed by atoms with Crippen molar-refractivity contribution in [1.82, 2.24) is 4.98 Å². The molecular weight excluding hydrogens is 340 g/mol. The van der Waals surface area contributed by atoms with E-state index in [4.69, 9.17) is 0 Å². The van der Waals surface area contributed by atoms with Crippen LogP contribution < -0.4 is 5.32 Å². The first-order chi connectivity index (χ1) is 13.1. The summed E-state index contributed by atoms with van der Waals surface area (Å²) >= 11 is 0. The van der Waals surface area contributed by atoms with Gasteiger partial charge in [-0.2, -0.15) is 0 Å². The molecule has 0 radical (unpaired) electrons. The van der Waals surface area contributed by atoms with Gasteiger partial charge in [-0.1, -0.05) is 12.1 Å². The van der Waals surface area contributed by atoms with Crippen molar-refractivity contribution in [1.29, 1.82) is 0 Å². The second-order valence-electron chi connectivity index (χ2n) is 7.78. The van der Waals surface area contributed by atoms with E-state index in [0.717, 1.165) is 43.4 Å². The predicted molar refractivity (Wildman–Crippen MR) is 102 cm³/mol. The van der Waals surface area contributed by atoms with Crippen LogP contribution in [0.15, 0.2) is 48.8 Å². The topological polar surface area (TPSA) is 79.3 Å². The van der Waals surface area contributed by atoms with Crippen LogP contribution in [0.2, 0.25) is 0 Å². The van der Waals surface area contributed by atoms with E-state index < -0.39 is 17.8 Å². The van der Waals surface area contributed by atoms with Crippen molar-refractivity contribution in [3.63, 3.8) is 0 Å². The molecule has 3 aliphatic rings. The number of carbonyl (C=O) groups excluding carboxylic acids is 1. The van der Waals surface area contributed by atoms with Crippen LogP contribution in [0, 0.1) is 23.7 Å². The highest BCUT2D eigenvalue weighted by molar-refractivity contribution is 5.95. The lowest BCUT2D eigenvalue weighted by atomic mass is 9.58. The second-order valence-corrected chi connectivity index (χ2v) is 7.78. The van der Waals surface area contributed by atoms with E-state index in [2.05, 4.69) is 10.3 Å². The molecule has 1 aromatic heterocycles. The van der Waals surface area contributed by atoms with Crippen molar-refractivity contribution >= 4 is 17.6 Å². The Morgan fingerprint density at radius 3 is 2.04 bits per heavy atom. The number of anilines is 1. The zero-order valence-electron chi connectivity index (χ0n) is 15.2. The third-order valence-electron chi connectivity index (χ3n) is 6.19. The van der Waals surface area contributed by atoms with Gasteiger partial charge in [-0.15, -0.1) is 0 Å². The maximum Gasteiger partial charge on any atom is 0.307 e. The number of nitrogens with zero attached hydrogens (tertiary/aromatic N) is 1. The largest absolute Gasteiger partial charge is 0.481 e. The number of fused-ring (bicyclic) bond motifs is 3. The van der Waals surface area contributed by atoms with E-state index in [-0.39, 0.29) is 17.7 Å². The Labute approximate surface area is 158 Å². The molecule has 5 heteroatoms. The molecule has 3 fully saturated rings. The van der Waals surface area contributed by atoms with Crippen molar-refractivity contribution in [2.75, 3.05) is 5.32 Å². The summed E-state index contributed by atoms with van der Waals surface area (Å²) in [6, 6.07) is 11.8. The maximum atomic E-state index is 12.9. The number of rotatable bonds is 5. The average molecular weight is 364 g/mol. The van der Waals surface area contributed by atoms with Crippen LogP contribution in [0.4, 0.5) is 5.69 Å². The predicted octanol–water partition coefficient (Wildman–Crippen LogP) is 3.75. The molecule has 1 aromatic carbocycles. The van der Waals surface area contributed by atoms with Gasteiger partial charge in [0.05, 0.1) is 11.8 Å². The highest BCUT2D eigenvalue weighted by Crippen LogP contribution is 2.49. The minimum Gasteiger partial charge on any atom is -0.481 e. The molecule has 5 rings (SSSR count). The van der Waals surface area contributed by atoms with Gasteiger partial charge in [-0.05, 0) is 79.3 Å². The Hall–Kier alpha value is -2.69. The summed E-state index contributed by atoms with van der Waals surface area (Å²) in [4.78, 5) is 28.6. The number of hydrogen-bond donors (Lipinski definition) is 2. The summed E-state index contributed by atoms with van der Waals surface area (Å²) < 4.78 is 0. The van der Waals surface area contributed by atoms with E-state index in [9.17, 15) is 14.7 Å². The summed E-state index contributed by atoms with van der Waals surface area (Å²) in [6.07, 6.45) is 8.19. The molecule has 3 saturated carbocycles. The van der Waals surface area contributed by atoms with Crippen molar-refractivity contribution in [3.8, 4) is 0 Å². The molecule has 27 heavy (non-hydrogen) atoms. The number of hydrogen-bond acceptors (Lipinski definition) is 3. The fourth-order valence-electron chi connectivity index (χ4n) is 4.85. The standard InChI is InChI=1S/C22H24N2O3/c25-21(19-16-3-5-17(6-4-16)20(19)22(26)27)24-18-7-1-14(2-8-18)13-15-9-11-23-12-10-15/h1-2,7-12,16-17,19-20H,3-6,13H2,(H,24,25)(H,26,27)/t16?,17?,19-,20+/m1/s1. The van der Waals surface area contributed by atoms with Crippen LogP contribution in [0.5, 0.6) is 0 Å². The van der Waals surface area contributed by atoms with Crippen LogP contribution in [0.3, 0.4) is 0 Å². The molecule has 0 aliphatic heterocycles. The molecule has 0 unspecified atom stereocenters. The molecule has 2 N–H and O–H groups in total. The summed E-state index contributed by atoms with van der Waals surface area (Å²) in [5.74, 6) is -1.57. The van der Waals surface area contributed by atoms with Gasteiger partial charge in [-0.25, -0.2) is 0 Å². The number of pyridine rings is 1. The van der Waals surface area contributed by atoms with Gasteiger partial charge in [0.15, 0.2) is 0 Å². The molecule has 2 bridgehead atoms. The van der Waals surface area contributed by atoms with Gasteiger partial charge >= 0.3 is 5.97 Å². The first-order valence-electron chi connectivity index (χ1n) is 9.63. The van der Waals surface area contributed by atoms with Gasteiger partial charge in [0.25, 0.3) is 0 Å². The number of nitrogens with one attached hydrogen (secondary N) is 1. The van der Waals surface area contributed by atoms with Crippen molar-refractivity contribution in [2.24, 2.45) is 23.7 Å². The highest BCUT2D eigenvalue weighted by Gasteiger charge is 2.50. The minimum absolute atomic E-state index is 0.140. The first kappa shape index (κ1) is 17.7. The number of aromatic nitrogens is 1. The van der Waals surface area contributed by atoms with Gasteiger partial charge in [-0.3, -0.25) is 14.6 Å². The third kappa shape index (κ3) is 3.72. The number of carbonyl (C=O) groups is 2. The number of carboxylic acids is 1. The summed E-state index contributed by atoms with van der Waals surface area (Å²) in [7, 11) is 0. The van der Waals surface area contributed by atoms with Crippen LogP contribution >= 0.6 is 0 Å². The SMILES string of the molecule is O=C(Nc1ccc(Cc2ccncc2)cc1)[C@@H]1C2CCC(CC2)[C@@H]1C(=O)O.